The van der Waals surface area contributed by atoms with Crippen molar-refractivity contribution >= 4 is 57.2 Å². The number of nitrogens with zero attached hydrogens (tertiary/aromatic N) is 2. The fraction of sp³-hybridized carbons (Fsp3) is 0.423. The predicted octanol–water partition coefficient (Wildman–Crippen LogP) is 11.8. The number of hydrogen-bond donors (Lipinski definition) is 0. The molecule has 0 unspecified atom stereocenters. The molecular weight excluding hydrogens is 695 g/mol. The molecule has 3 aliphatic heterocycles. The van der Waals surface area contributed by atoms with Crippen molar-refractivity contribution < 1.29 is 9.47 Å². The van der Waals surface area contributed by atoms with E-state index in [4.69, 9.17) is 9.47 Å². The van der Waals surface area contributed by atoms with Crippen LogP contribution in [0.3, 0.4) is 0 Å². The number of hydrogen-bond acceptors (Lipinski definition) is 4. The summed E-state index contributed by atoms with van der Waals surface area (Å²) < 4.78 is 11.8. The summed E-state index contributed by atoms with van der Waals surface area (Å²) in [6.07, 6.45) is 4.75. The summed E-state index contributed by atoms with van der Waals surface area (Å²) in [4.78, 5) is 5.16. The number of rotatable bonds is 2. The Balaban J connectivity index is 1.32. The standard InChI is InChI=1S/C52H59BN2O2/c1-31-23-43-47-44(24-31)55(33-14-16-35-36(26-33)50(7,8)20-19-49(35,5)6)42-29-38-37(51(9,10)21-22-52(38,11)12)28-40(42)53(47)39-25-32(48(2,3)4)13-17-41(39)54(43)34-15-18-45-46(27-34)57-30-56-45/h13-18,23-29H,19-22,30H2,1-12H3. The maximum atomic E-state index is 6.00. The molecule has 0 amide bonds. The van der Waals surface area contributed by atoms with Crippen molar-refractivity contribution in [2.75, 3.05) is 16.6 Å². The Bertz CT molecular complexity index is 2530. The molecule has 0 fully saturated rings. The van der Waals surface area contributed by atoms with Crippen molar-refractivity contribution in [3.8, 4) is 11.5 Å². The highest BCUT2D eigenvalue weighted by molar-refractivity contribution is 7.00. The van der Waals surface area contributed by atoms with Gasteiger partial charge in [0.05, 0.1) is 5.69 Å². The van der Waals surface area contributed by atoms with Crippen molar-refractivity contribution in [1.82, 2.24) is 0 Å². The van der Waals surface area contributed by atoms with Crippen molar-refractivity contribution in [1.29, 1.82) is 0 Å². The average molecular weight is 755 g/mol. The van der Waals surface area contributed by atoms with E-state index in [2.05, 4.69) is 172 Å². The molecule has 0 N–H and O–H groups in total. The summed E-state index contributed by atoms with van der Waals surface area (Å²) >= 11 is 0. The Hall–Kier alpha value is -4.64. The highest BCUT2D eigenvalue weighted by atomic mass is 16.7. The largest absolute Gasteiger partial charge is 0.454 e. The topological polar surface area (TPSA) is 24.9 Å². The van der Waals surface area contributed by atoms with E-state index in [1.54, 1.807) is 0 Å². The summed E-state index contributed by atoms with van der Waals surface area (Å²) in [5, 5.41) is 0. The Morgan fingerprint density at radius 2 is 1.04 bits per heavy atom. The first-order chi connectivity index (χ1) is 26.7. The van der Waals surface area contributed by atoms with Crippen LogP contribution in [0.2, 0.25) is 0 Å². The van der Waals surface area contributed by atoms with Gasteiger partial charge < -0.3 is 19.3 Å². The van der Waals surface area contributed by atoms with Gasteiger partial charge in [-0.15, -0.1) is 0 Å². The molecule has 5 aromatic carbocycles. The van der Waals surface area contributed by atoms with Gasteiger partial charge >= 0.3 is 0 Å². The fourth-order valence-corrected chi connectivity index (χ4v) is 11.0. The first kappa shape index (κ1) is 36.7. The van der Waals surface area contributed by atoms with Gasteiger partial charge in [0.25, 0.3) is 6.71 Å². The lowest BCUT2D eigenvalue weighted by molar-refractivity contribution is 0.174. The van der Waals surface area contributed by atoms with Gasteiger partial charge in [0.15, 0.2) is 11.5 Å². The number of aryl methyl sites for hydroxylation is 1. The molecule has 0 saturated carbocycles. The minimum atomic E-state index is -0.00982. The van der Waals surface area contributed by atoms with E-state index < -0.39 is 0 Å². The first-order valence-electron chi connectivity index (χ1n) is 21.4. The molecule has 0 aromatic heterocycles. The lowest BCUT2D eigenvalue weighted by atomic mass is 9.33. The SMILES string of the molecule is Cc1cc2c3c(c1)N(c1ccc4c(c1)C(C)(C)CCC4(C)C)c1cc4c(cc1B3c1cc(C(C)(C)C)ccc1N2c1ccc2c(c1)OCO2)C(C)(C)CCC4(C)C. The minimum Gasteiger partial charge on any atom is -0.454 e. The molecule has 0 radical (unpaired) electrons. The van der Waals surface area contributed by atoms with Crippen LogP contribution in [0.15, 0.2) is 78.9 Å². The van der Waals surface area contributed by atoms with Gasteiger partial charge in [0.2, 0.25) is 6.79 Å². The van der Waals surface area contributed by atoms with Gasteiger partial charge in [0.1, 0.15) is 0 Å². The van der Waals surface area contributed by atoms with Crippen LogP contribution in [0, 0.1) is 6.92 Å². The molecule has 5 aliphatic rings. The molecule has 5 heteroatoms. The molecule has 4 nitrogen and oxygen atoms in total. The zero-order valence-corrected chi connectivity index (χ0v) is 36.3. The van der Waals surface area contributed by atoms with Crippen molar-refractivity contribution in [3.63, 3.8) is 0 Å². The number of ether oxygens (including phenoxy) is 2. The van der Waals surface area contributed by atoms with Crippen molar-refractivity contribution in [3.05, 3.63) is 112 Å². The monoisotopic (exact) mass is 754 g/mol. The molecule has 3 heterocycles. The van der Waals surface area contributed by atoms with Gasteiger partial charge in [-0.05, 0) is 158 Å². The summed E-state index contributed by atoms with van der Waals surface area (Å²) in [6, 6.07) is 31.3. The highest BCUT2D eigenvalue weighted by Crippen LogP contribution is 2.53. The third-order valence-corrected chi connectivity index (χ3v) is 14.8. The highest BCUT2D eigenvalue weighted by Gasteiger charge is 2.47. The van der Waals surface area contributed by atoms with Crippen LogP contribution < -0.4 is 35.7 Å². The van der Waals surface area contributed by atoms with Crippen LogP contribution in [0.5, 0.6) is 11.5 Å². The van der Waals surface area contributed by atoms with Crippen LogP contribution in [0.25, 0.3) is 0 Å². The molecule has 0 atom stereocenters. The maximum Gasteiger partial charge on any atom is 0.252 e. The smallest absolute Gasteiger partial charge is 0.252 e. The Morgan fingerprint density at radius 3 is 1.68 bits per heavy atom. The molecule has 0 saturated heterocycles. The van der Waals surface area contributed by atoms with Gasteiger partial charge in [-0.25, -0.2) is 0 Å². The van der Waals surface area contributed by atoms with E-state index in [1.807, 2.05) is 0 Å². The molecule has 292 valence electrons. The van der Waals surface area contributed by atoms with Crippen molar-refractivity contribution in [2.45, 2.75) is 136 Å². The Morgan fingerprint density at radius 1 is 0.509 bits per heavy atom. The normalized spacial score (nSPS) is 20.0. The van der Waals surface area contributed by atoms with Crippen LogP contribution in [0.1, 0.15) is 135 Å². The molecule has 57 heavy (non-hydrogen) atoms. The van der Waals surface area contributed by atoms with Crippen LogP contribution >= 0.6 is 0 Å². The average Bonchev–Trinajstić information content (AvgIpc) is 3.62. The summed E-state index contributed by atoms with van der Waals surface area (Å²) in [7, 11) is 0. The van der Waals surface area contributed by atoms with Gasteiger partial charge in [-0.3, -0.25) is 0 Å². The van der Waals surface area contributed by atoms with Gasteiger partial charge in [-0.2, -0.15) is 0 Å². The van der Waals surface area contributed by atoms with Gasteiger partial charge in [-0.1, -0.05) is 100 Å². The second-order valence-electron chi connectivity index (χ2n) is 21.6. The van der Waals surface area contributed by atoms with E-state index in [-0.39, 0.29) is 40.6 Å². The van der Waals surface area contributed by atoms with E-state index in [0.717, 1.165) is 17.2 Å². The summed E-state index contributed by atoms with van der Waals surface area (Å²) in [5.74, 6) is 1.60. The van der Waals surface area contributed by atoms with Crippen molar-refractivity contribution in [2.24, 2.45) is 0 Å². The number of fused-ring (bicyclic) bond motifs is 7. The van der Waals surface area contributed by atoms with E-state index >= 15 is 0 Å². The van der Waals surface area contributed by atoms with Crippen LogP contribution in [-0.4, -0.2) is 13.5 Å². The first-order valence-corrected chi connectivity index (χ1v) is 21.4. The second-order valence-corrected chi connectivity index (χ2v) is 21.6. The third kappa shape index (κ3) is 5.39. The zero-order valence-electron chi connectivity index (χ0n) is 36.3. The van der Waals surface area contributed by atoms with Gasteiger partial charge in [0, 0.05) is 34.5 Å². The maximum absolute atomic E-state index is 6.00. The molecule has 0 spiro atoms. The summed E-state index contributed by atoms with van der Waals surface area (Å²) in [5.41, 5.74) is 20.5. The molecule has 5 aromatic rings. The summed E-state index contributed by atoms with van der Waals surface area (Å²) in [6.45, 7) is 29.2. The quantitative estimate of drug-likeness (QED) is 0.164. The molecule has 2 aliphatic carbocycles. The van der Waals surface area contributed by atoms with Crippen LogP contribution in [-0.2, 0) is 27.1 Å². The van der Waals surface area contributed by atoms with E-state index in [0.29, 0.717) is 0 Å². The number of benzene rings is 5. The Kier molecular flexibility index (Phi) is 7.55. The Labute approximate surface area is 341 Å². The minimum absolute atomic E-state index is 0.00982. The van der Waals surface area contributed by atoms with E-state index in [1.165, 1.54) is 104 Å². The molecule has 10 rings (SSSR count). The predicted molar refractivity (Wildman–Crippen MR) is 241 cm³/mol. The van der Waals surface area contributed by atoms with E-state index in [9.17, 15) is 0 Å². The number of anilines is 6. The fourth-order valence-electron chi connectivity index (χ4n) is 11.0. The van der Waals surface area contributed by atoms with Crippen LogP contribution in [0.4, 0.5) is 34.1 Å². The lowest BCUT2D eigenvalue weighted by Gasteiger charge is -2.48. The molecular formula is C52H59BN2O2. The zero-order chi connectivity index (χ0) is 40.2. The lowest BCUT2D eigenvalue weighted by Crippen LogP contribution is -2.62. The molecule has 0 bridgehead atoms. The third-order valence-electron chi connectivity index (χ3n) is 14.8. The second kappa shape index (κ2) is 11.7.